The number of imidazole rings is 1. The maximum atomic E-state index is 12.5. The second-order valence-corrected chi connectivity index (χ2v) is 10.2. The highest BCUT2D eigenvalue weighted by atomic mass is 16.6. The third-order valence-electron chi connectivity index (χ3n) is 7.63. The van der Waals surface area contributed by atoms with Gasteiger partial charge in [0.2, 0.25) is 0 Å². The van der Waals surface area contributed by atoms with Crippen LogP contribution in [0.25, 0.3) is 22.2 Å². The Labute approximate surface area is 215 Å². The van der Waals surface area contributed by atoms with Gasteiger partial charge >= 0.3 is 12.1 Å². The van der Waals surface area contributed by atoms with Crippen molar-refractivity contribution in [2.24, 2.45) is 18.8 Å². The Bertz CT molecular complexity index is 1450. The maximum absolute atomic E-state index is 12.5. The molecule has 4 aromatic rings. The lowest BCUT2D eigenvalue weighted by atomic mass is 9.92. The summed E-state index contributed by atoms with van der Waals surface area (Å²) in [6.07, 6.45) is 8.47. The van der Waals surface area contributed by atoms with Crippen LogP contribution in [0.15, 0.2) is 54.9 Å². The number of rotatable bonds is 7. The van der Waals surface area contributed by atoms with Gasteiger partial charge in [-0.25, -0.2) is 20.6 Å². The number of aryl methyl sites for hydroxylation is 1. The molecule has 2 fully saturated rings. The number of nitrogens with two attached hydrogens (primary N) is 2. The summed E-state index contributed by atoms with van der Waals surface area (Å²) in [6.45, 7) is 1.92. The van der Waals surface area contributed by atoms with E-state index in [0.717, 1.165) is 58.5 Å². The third kappa shape index (κ3) is 4.29. The zero-order valence-corrected chi connectivity index (χ0v) is 21.1. The number of anilines is 2. The van der Waals surface area contributed by atoms with E-state index in [2.05, 4.69) is 9.55 Å². The summed E-state index contributed by atoms with van der Waals surface area (Å²) in [6, 6.07) is 14.4. The van der Waals surface area contributed by atoms with E-state index in [1.54, 1.807) is 6.20 Å². The fraction of sp³-hybridized carbons (Fsp3) is 0.357. The predicted octanol–water partition coefficient (Wildman–Crippen LogP) is 5.76. The highest BCUT2D eigenvalue weighted by molar-refractivity contribution is 6.02. The van der Waals surface area contributed by atoms with Crippen LogP contribution in [0.4, 0.5) is 16.2 Å². The van der Waals surface area contributed by atoms with Gasteiger partial charge in [0.25, 0.3) is 0 Å². The highest BCUT2D eigenvalue weighted by Gasteiger charge is 2.32. The lowest BCUT2D eigenvalue weighted by Crippen LogP contribution is -2.39. The highest BCUT2D eigenvalue weighted by Crippen LogP contribution is 2.45. The Morgan fingerprint density at radius 1 is 1.14 bits per heavy atom. The number of hydrazine groups is 1. The number of carbonyl (C=O) groups is 1. The molecule has 2 aliphatic rings. The summed E-state index contributed by atoms with van der Waals surface area (Å²) in [7, 11) is 1.90. The minimum atomic E-state index is -0.546. The summed E-state index contributed by atoms with van der Waals surface area (Å²) in [5.74, 6) is 7.24. The van der Waals surface area contributed by atoms with Gasteiger partial charge in [-0.3, -0.25) is 0 Å². The van der Waals surface area contributed by atoms with E-state index in [1.165, 1.54) is 6.42 Å². The smallest absolute Gasteiger partial charge is 0.429 e. The Hall–Kier alpha value is -3.98. The second kappa shape index (κ2) is 9.15. The number of fused-ring (bicyclic) bond motifs is 1. The van der Waals surface area contributed by atoms with Gasteiger partial charge in [-0.1, -0.05) is 12.1 Å². The van der Waals surface area contributed by atoms with Gasteiger partial charge in [0.15, 0.2) is 0 Å². The molecule has 1 atom stereocenters. The third-order valence-corrected chi connectivity index (χ3v) is 7.63. The average molecular weight is 501 g/mol. The van der Waals surface area contributed by atoms with Crippen molar-refractivity contribution in [1.29, 1.82) is 0 Å². The minimum absolute atomic E-state index is 0.123. The summed E-state index contributed by atoms with van der Waals surface area (Å²) in [5, 5.41) is 2.05. The first-order chi connectivity index (χ1) is 17.9. The van der Waals surface area contributed by atoms with Gasteiger partial charge in [0.1, 0.15) is 11.9 Å². The Morgan fingerprint density at radius 3 is 2.51 bits per heavy atom. The summed E-state index contributed by atoms with van der Waals surface area (Å²) in [5.41, 5.74) is 11.0. The van der Waals surface area contributed by atoms with Gasteiger partial charge in [0, 0.05) is 42.5 Å². The van der Waals surface area contributed by atoms with E-state index in [0.29, 0.717) is 29.4 Å². The Balaban J connectivity index is 1.33. The van der Waals surface area contributed by atoms with Gasteiger partial charge in [-0.05, 0) is 69.2 Å². The predicted molar refractivity (Wildman–Crippen MR) is 143 cm³/mol. The normalized spacial score (nSPS) is 16.4. The van der Waals surface area contributed by atoms with E-state index < -0.39 is 6.09 Å². The zero-order valence-electron chi connectivity index (χ0n) is 21.1. The molecule has 6 rings (SSSR count). The average Bonchev–Trinajstić information content (AvgIpc) is 3.59. The molecule has 9 heteroatoms. The second-order valence-electron chi connectivity index (χ2n) is 10.2. The number of carbonyl (C=O) groups excluding carboxylic acids is 1. The summed E-state index contributed by atoms with van der Waals surface area (Å²) < 4.78 is 15.7. The van der Waals surface area contributed by atoms with Gasteiger partial charge in [-0.2, -0.15) is 0 Å². The molecular weight excluding hydrogens is 468 g/mol. The molecule has 4 N–H and O–H groups in total. The number of amides is 1. The maximum Gasteiger partial charge on any atom is 0.429 e. The van der Waals surface area contributed by atoms with Crippen LogP contribution >= 0.6 is 0 Å². The molecule has 1 unspecified atom stereocenters. The fourth-order valence-corrected chi connectivity index (χ4v) is 5.02. The van der Waals surface area contributed by atoms with Crippen molar-refractivity contribution in [3.8, 4) is 23.0 Å². The Morgan fingerprint density at radius 2 is 1.89 bits per heavy atom. The van der Waals surface area contributed by atoms with Crippen LogP contribution in [0.3, 0.4) is 0 Å². The number of nitrogens with zero attached hydrogens (tertiary/aromatic N) is 4. The molecule has 2 aromatic heterocycles. The van der Waals surface area contributed by atoms with Crippen LogP contribution in [0, 0.1) is 5.92 Å². The first-order valence-electron chi connectivity index (χ1n) is 12.8. The van der Waals surface area contributed by atoms with Crippen LogP contribution in [-0.2, 0) is 11.8 Å². The zero-order chi connectivity index (χ0) is 25.7. The molecule has 0 radical (unpaired) electrons. The van der Waals surface area contributed by atoms with Crippen molar-refractivity contribution in [3.05, 3.63) is 54.9 Å². The lowest BCUT2D eigenvalue weighted by molar-refractivity contribution is 0.102. The number of hydrogen-bond donors (Lipinski definition) is 2. The fourth-order valence-electron chi connectivity index (χ4n) is 5.02. The van der Waals surface area contributed by atoms with Crippen LogP contribution in [0.2, 0.25) is 0 Å². The lowest BCUT2D eigenvalue weighted by Gasteiger charge is -2.30. The van der Waals surface area contributed by atoms with E-state index >= 15 is 0 Å². The molecular formula is C28H32N6O3. The van der Waals surface area contributed by atoms with E-state index in [1.807, 2.05) is 67.2 Å². The van der Waals surface area contributed by atoms with Gasteiger partial charge in [-0.15, -0.1) is 0 Å². The van der Waals surface area contributed by atoms with Crippen molar-refractivity contribution in [1.82, 2.24) is 14.1 Å². The molecule has 0 bridgehead atoms. The quantitative estimate of drug-likeness (QED) is 0.190. The molecule has 37 heavy (non-hydrogen) atoms. The largest absolute Gasteiger partial charge is 0.445 e. The standard InChI is InChI=1S/C28H32N6O3/c1-17(18-6-7-18)36-28(35)34(30)21-10-8-19(9-11-21)26-25(29)23-13-12-22(37-27-31-14-15-32(27)2)16-24(23)33(26)20-4-3-5-20/h8-18,20H,3-7,29-30H2,1-2H3. The van der Waals surface area contributed by atoms with Crippen molar-refractivity contribution >= 4 is 28.4 Å². The number of ether oxygens (including phenoxy) is 2. The summed E-state index contributed by atoms with van der Waals surface area (Å²) in [4.78, 5) is 16.8. The molecule has 0 saturated heterocycles. The van der Waals surface area contributed by atoms with Crippen LogP contribution in [0.1, 0.15) is 45.1 Å². The number of benzene rings is 2. The van der Waals surface area contributed by atoms with Crippen molar-refractivity contribution in [2.75, 3.05) is 10.7 Å². The molecule has 2 aliphatic carbocycles. The summed E-state index contributed by atoms with van der Waals surface area (Å²) >= 11 is 0. The monoisotopic (exact) mass is 500 g/mol. The molecule has 1 amide bonds. The van der Waals surface area contributed by atoms with E-state index in [-0.39, 0.29) is 6.10 Å². The van der Waals surface area contributed by atoms with E-state index in [9.17, 15) is 4.79 Å². The number of nitrogen functional groups attached to an aromatic ring is 1. The van der Waals surface area contributed by atoms with Crippen LogP contribution in [0.5, 0.6) is 11.8 Å². The van der Waals surface area contributed by atoms with Crippen LogP contribution < -0.4 is 21.3 Å². The topological polar surface area (TPSA) is 114 Å². The number of hydrogen-bond acceptors (Lipinski definition) is 6. The van der Waals surface area contributed by atoms with Crippen molar-refractivity contribution < 1.29 is 14.3 Å². The molecule has 2 aromatic carbocycles. The molecule has 0 spiro atoms. The Kier molecular flexibility index (Phi) is 5.79. The minimum Gasteiger partial charge on any atom is -0.445 e. The molecule has 9 nitrogen and oxygen atoms in total. The van der Waals surface area contributed by atoms with Gasteiger partial charge in [0.05, 0.1) is 22.6 Å². The molecule has 192 valence electrons. The first kappa shape index (κ1) is 23.4. The molecule has 2 saturated carbocycles. The molecule has 2 heterocycles. The van der Waals surface area contributed by atoms with Crippen molar-refractivity contribution in [3.63, 3.8) is 0 Å². The number of aromatic nitrogens is 3. The van der Waals surface area contributed by atoms with Crippen molar-refractivity contribution in [2.45, 2.75) is 51.2 Å². The van der Waals surface area contributed by atoms with Gasteiger partial charge < -0.3 is 24.3 Å². The van der Waals surface area contributed by atoms with E-state index in [4.69, 9.17) is 21.1 Å². The van der Waals surface area contributed by atoms with Crippen LogP contribution in [-0.4, -0.2) is 26.3 Å². The SMILES string of the molecule is CC(OC(=O)N(N)c1ccc(-c2c(N)c3ccc(Oc4nccn4C)cc3n2C2CCC2)cc1)C1CC1. The first-order valence-corrected chi connectivity index (χ1v) is 12.8. The molecule has 0 aliphatic heterocycles.